The average Bonchev–Trinajstić information content (AvgIpc) is 2.75. The van der Waals surface area contributed by atoms with Gasteiger partial charge < -0.3 is 4.74 Å². The highest BCUT2D eigenvalue weighted by Gasteiger charge is 2.14. The van der Waals surface area contributed by atoms with Crippen LogP contribution >= 0.6 is 11.6 Å². The molecule has 0 bridgehead atoms. The van der Waals surface area contributed by atoms with Gasteiger partial charge in [0.2, 0.25) is 5.28 Å². The summed E-state index contributed by atoms with van der Waals surface area (Å²) >= 11 is 5.79. The van der Waals surface area contributed by atoms with E-state index in [-0.39, 0.29) is 17.6 Å². The lowest BCUT2D eigenvalue weighted by Gasteiger charge is -2.03. The molecule has 0 atom stereocenters. The number of ether oxygens (including phenoxy) is 1. The van der Waals surface area contributed by atoms with Gasteiger partial charge in [-0.1, -0.05) is 0 Å². The average molecular weight is 267 g/mol. The van der Waals surface area contributed by atoms with Crippen LogP contribution in [-0.2, 0) is 11.8 Å². The van der Waals surface area contributed by atoms with Crippen LogP contribution in [0.3, 0.4) is 0 Å². The molecule has 2 aromatic heterocycles. The number of rotatable bonds is 3. The number of halogens is 1. The van der Waals surface area contributed by atoms with Crippen molar-refractivity contribution in [1.82, 2.24) is 19.7 Å². The lowest BCUT2D eigenvalue weighted by Crippen LogP contribution is -2.08. The summed E-state index contributed by atoms with van der Waals surface area (Å²) in [6, 6.07) is 3.28. The topological polar surface area (TPSA) is 69.9 Å². The molecule has 0 amide bonds. The van der Waals surface area contributed by atoms with Gasteiger partial charge in [-0.2, -0.15) is 5.10 Å². The molecule has 0 fully saturated rings. The van der Waals surface area contributed by atoms with Gasteiger partial charge >= 0.3 is 5.97 Å². The summed E-state index contributed by atoms with van der Waals surface area (Å²) in [4.78, 5) is 19.4. The van der Waals surface area contributed by atoms with Gasteiger partial charge in [0.25, 0.3) is 0 Å². The fourth-order valence-corrected chi connectivity index (χ4v) is 1.59. The molecule has 94 valence electrons. The summed E-state index contributed by atoms with van der Waals surface area (Å²) < 4.78 is 6.50. The van der Waals surface area contributed by atoms with E-state index < -0.39 is 5.97 Å². The van der Waals surface area contributed by atoms with Crippen LogP contribution in [0, 0.1) is 0 Å². The number of nitrogens with zero attached hydrogens (tertiary/aromatic N) is 4. The third-order valence-corrected chi connectivity index (χ3v) is 2.33. The molecule has 2 rings (SSSR count). The van der Waals surface area contributed by atoms with Gasteiger partial charge in [-0.25, -0.2) is 14.8 Å². The summed E-state index contributed by atoms with van der Waals surface area (Å²) in [5.74, 6) is -0.529. The molecule has 0 aliphatic heterocycles. The van der Waals surface area contributed by atoms with Crippen molar-refractivity contribution >= 4 is 17.6 Å². The summed E-state index contributed by atoms with van der Waals surface area (Å²) in [7, 11) is 1.79. The number of carbonyl (C=O) groups excluding carboxylic acids is 1. The SMILES string of the molecule is CCOC(=O)c1cc(-c2ccn(C)n2)nc(Cl)n1. The molecule has 2 heterocycles. The van der Waals surface area contributed by atoms with Crippen LogP contribution in [0.15, 0.2) is 18.3 Å². The van der Waals surface area contributed by atoms with Crippen LogP contribution in [0.1, 0.15) is 17.4 Å². The molecule has 18 heavy (non-hydrogen) atoms. The van der Waals surface area contributed by atoms with E-state index in [0.29, 0.717) is 11.4 Å². The highest BCUT2D eigenvalue weighted by atomic mass is 35.5. The molecule has 0 spiro atoms. The minimum atomic E-state index is -0.529. The van der Waals surface area contributed by atoms with Crippen LogP contribution in [0.5, 0.6) is 0 Å². The van der Waals surface area contributed by atoms with Crippen LogP contribution < -0.4 is 0 Å². The van der Waals surface area contributed by atoms with Crippen molar-refractivity contribution in [2.75, 3.05) is 6.61 Å². The quantitative estimate of drug-likeness (QED) is 0.625. The zero-order valence-corrected chi connectivity index (χ0v) is 10.7. The van der Waals surface area contributed by atoms with E-state index in [1.165, 1.54) is 6.07 Å². The van der Waals surface area contributed by atoms with Crippen LogP contribution in [0.4, 0.5) is 0 Å². The molecule has 6 nitrogen and oxygen atoms in total. The molecular weight excluding hydrogens is 256 g/mol. The molecule has 0 aliphatic carbocycles. The molecule has 0 N–H and O–H groups in total. The van der Waals surface area contributed by atoms with Crippen LogP contribution in [0.25, 0.3) is 11.4 Å². The summed E-state index contributed by atoms with van der Waals surface area (Å²) in [6.45, 7) is 2.00. The first-order valence-electron chi connectivity index (χ1n) is 5.32. The normalized spacial score (nSPS) is 10.4. The van der Waals surface area contributed by atoms with E-state index in [4.69, 9.17) is 16.3 Å². The first-order valence-corrected chi connectivity index (χ1v) is 5.69. The number of carbonyl (C=O) groups is 1. The minimum Gasteiger partial charge on any atom is -0.461 e. The van der Waals surface area contributed by atoms with Gasteiger partial charge in [0, 0.05) is 13.2 Å². The van der Waals surface area contributed by atoms with Gasteiger partial charge in [0.05, 0.1) is 12.3 Å². The molecule has 0 unspecified atom stereocenters. The second-order valence-electron chi connectivity index (χ2n) is 3.50. The first kappa shape index (κ1) is 12.5. The van der Waals surface area contributed by atoms with E-state index in [0.717, 1.165) is 0 Å². The standard InChI is InChI=1S/C11H11ClN4O2/c1-3-18-10(17)9-6-8(13-11(12)14-9)7-4-5-16(2)15-7/h4-6H,3H2,1-2H3. The fourth-order valence-electron chi connectivity index (χ4n) is 1.41. The Labute approximate surface area is 109 Å². The molecule has 0 aliphatic rings. The second kappa shape index (κ2) is 5.14. The van der Waals surface area contributed by atoms with E-state index in [1.807, 2.05) is 0 Å². The van der Waals surface area contributed by atoms with Crippen LogP contribution in [0.2, 0.25) is 5.28 Å². The summed E-state index contributed by atoms with van der Waals surface area (Å²) in [5, 5.41) is 4.17. The predicted octanol–water partition coefficient (Wildman–Crippen LogP) is 1.71. The molecule has 0 saturated carbocycles. The van der Waals surface area contributed by atoms with E-state index in [1.54, 1.807) is 30.9 Å². The van der Waals surface area contributed by atoms with E-state index >= 15 is 0 Å². The zero-order valence-electron chi connectivity index (χ0n) is 9.92. The monoisotopic (exact) mass is 266 g/mol. The van der Waals surface area contributed by atoms with Crippen molar-refractivity contribution in [2.45, 2.75) is 6.92 Å². The number of aromatic nitrogens is 4. The Hall–Kier alpha value is -1.95. The first-order chi connectivity index (χ1) is 8.60. The van der Waals surface area contributed by atoms with Gasteiger partial charge in [-0.3, -0.25) is 4.68 Å². The maximum absolute atomic E-state index is 11.6. The molecule has 0 saturated heterocycles. The number of hydrogen-bond acceptors (Lipinski definition) is 5. The van der Waals surface area contributed by atoms with Crippen molar-refractivity contribution in [3.8, 4) is 11.4 Å². The van der Waals surface area contributed by atoms with E-state index in [9.17, 15) is 4.79 Å². The lowest BCUT2D eigenvalue weighted by molar-refractivity contribution is 0.0519. The van der Waals surface area contributed by atoms with Gasteiger partial charge in [0.15, 0.2) is 5.69 Å². The Bertz CT molecular complexity index is 582. The number of aryl methyl sites for hydroxylation is 1. The van der Waals surface area contributed by atoms with Gasteiger partial charge in [-0.15, -0.1) is 0 Å². The highest BCUT2D eigenvalue weighted by molar-refractivity contribution is 6.28. The smallest absolute Gasteiger partial charge is 0.357 e. The Kier molecular flexibility index (Phi) is 3.57. The third-order valence-electron chi connectivity index (χ3n) is 2.16. The predicted molar refractivity (Wildman–Crippen MR) is 65.2 cm³/mol. The third kappa shape index (κ3) is 2.65. The molecular formula is C11H11ClN4O2. The maximum Gasteiger partial charge on any atom is 0.357 e. The maximum atomic E-state index is 11.6. The van der Waals surface area contributed by atoms with Crippen molar-refractivity contribution in [3.63, 3.8) is 0 Å². The molecule has 2 aromatic rings. The van der Waals surface area contributed by atoms with Gasteiger partial charge in [-0.05, 0) is 30.7 Å². The molecule has 7 heteroatoms. The Balaban J connectivity index is 2.41. The van der Waals surface area contributed by atoms with Crippen molar-refractivity contribution < 1.29 is 9.53 Å². The fraction of sp³-hybridized carbons (Fsp3) is 0.273. The van der Waals surface area contributed by atoms with Gasteiger partial charge in [0.1, 0.15) is 5.69 Å². The Morgan fingerprint density at radius 3 is 2.83 bits per heavy atom. The van der Waals surface area contributed by atoms with E-state index in [2.05, 4.69) is 15.1 Å². The highest BCUT2D eigenvalue weighted by Crippen LogP contribution is 2.17. The van der Waals surface area contributed by atoms with Crippen molar-refractivity contribution in [2.24, 2.45) is 7.05 Å². The summed E-state index contributed by atoms with van der Waals surface area (Å²) in [5.41, 5.74) is 1.23. The van der Waals surface area contributed by atoms with Crippen molar-refractivity contribution in [1.29, 1.82) is 0 Å². The Morgan fingerprint density at radius 2 is 2.22 bits per heavy atom. The lowest BCUT2D eigenvalue weighted by atomic mass is 10.2. The summed E-state index contributed by atoms with van der Waals surface area (Å²) in [6.07, 6.45) is 1.77. The zero-order chi connectivity index (χ0) is 13.1. The Morgan fingerprint density at radius 1 is 1.44 bits per heavy atom. The molecule has 0 aromatic carbocycles. The second-order valence-corrected chi connectivity index (χ2v) is 3.84. The number of esters is 1. The minimum absolute atomic E-state index is 0.0128. The van der Waals surface area contributed by atoms with Crippen molar-refractivity contribution in [3.05, 3.63) is 29.3 Å². The molecule has 0 radical (unpaired) electrons. The largest absolute Gasteiger partial charge is 0.461 e. The van der Waals surface area contributed by atoms with Crippen LogP contribution in [-0.4, -0.2) is 32.3 Å². The number of hydrogen-bond donors (Lipinski definition) is 0.